The molecule has 0 aliphatic rings. The highest BCUT2D eigenvalue weighted by Crippen LogP contribution is 2.31. The van der Waals surface area contributed by atoms with Gasteiger partial charge in [-0.3, -0.25) is 0 Å². The van der Waals surface area contributed by atoms with Crippen LogP contribution in [0.25, 0.3) is 11.3 Å². The van der Waals surface area contributed by atoms with Crippen molar-refractivity contribution >= 4 is 5.82 Å². The monoisotopic (exact) mass is 339 g/mol. The molecule has 2 aromatic rings. The zero-order valence-corrected chi connectivity index (χ0v) is 15.4. The summed E-state index contributed by atoms with van der Waals surface area (Å²) >= 11 is 0. The van der Waals surface area contributed by atoms with Crippen molar-refractivity contribution in [1.29, 1.82) is 0 Å². The van der Waals surface area contributed by atoms with E-state index in [1.165, 1.54) is 0 Å². The number of nitrogens with zero attached hydrogens (tertiary/aromatic N) is 2. The Labute approximate surface area is 149 Å². The number of hydrogen-bond donors (Lipinski definition) is 2. The molecular formula is C20H25N3O2. The minimum Gasteiger partial charge on any atom is -0.512 e. The van der Waals surface area contributed by atoms with E-state index in [0.717, 1.165) is 33.9 Å². The Morgan fingerprint density at radius 3 is 2.76 bits per heavy atom. The van der Waals surface area contributed by atoms with E-state index in [0.29, 0.717) is 18.1 Å². The van der Waals surface area contributed by atoms with Gasteiger partial charge in [0, 0.05) is 18.3 Å². The summed E-state index contributed by atoms with van der Waals surface area (Å²) in [5.41, 5.74) is 4.80. The van der Waals surface area contributed by atoms with Crippen molar-refractivity contribution in [1.82, 2.24) is 9.97 Å². The number of aromatic nitrogens is 2. The fourth-order valence-electron chi connectivity index (χ4n) is 2.38. The fourth-order valence-corrected chi connectivity index (χ4v) is 2.38. The minimum absolute atomic E-state index is 0.343. The minimum atomic E-state index is 0.343. The number of methoxy groups -OCH3 is 1. The van der Waals surface area contributed by atoms with Gasteiger partial charge in [-0.15, -0.1) is 0 Å². The number of aliphatic hydroxyl groups excluding tert-OH is 1. The molecule has 0 aromatic carbocycles. The van der Waals surface area contributed by atoms with E-state index in [4.69, 9.17) is 9.72 Å². The Balaban J connectivity index is 2.41. The molecule has 0 radical (unpaired) electrons. The largest absolute Gasteiger partial charge is 0.512 e. The van der Waals surface area contributed by atoms with Crippen LogP contribution in [0.5, 0.6) is 5.88 Å². The average Bonchev–Trinajstić information content (AvgIpc) is 2.62. The van der Waals surface area contributed by atoms with E-state index in [2.05, 4.69) is 17.2 Å². The van der Waals surface area contributed by atoms with Crippen molar-refractivity contribution in [2.45, 2.75) is 34.1 Å². The third-order valence-electron chi connectivity index (χ3n) is 3.97. The Bertz CT molecular complexity index is 811. The average molecular weight is 339 g/mol. The lowest BCUT2D eigenvalue weighted by Gasteiger charge is -2.14. The normalized spacial score (nSPS) is 12.2. The first-order valence-electron chi connectivity index (χ1n) is 8.27. The van der Waals surface area contributed by atoms with Crippen LogP contribution in [-0.4, -0.2) is 22.2 Å². The summed E-state index contributed by atoms with van der Waals surface area (Å²) in [5.74, 6) is 1.63. The van der Waals surface area contributed by atoms with Crippen molar-refractivity contribution in [2.24, 2.45) is 0 Å². The van der Waals surface area contributed by atoms with Crippen LogP contribution in [-0.2, 0) is 0 Å². The summed E-state index contributed by atoms with van der Waals surface area (Å²) in [5, 5.41) is 12.8. The molecule has 0 spiro atoms. The molecule has 0 aliphatic heterocycles. The number of pyridine rings is 2. The van der Waals surface area contributed by atoms with Crippen LogP contribution in [0.2, 0.25) is 0 Å². The van der Waals surface area contributed by atoms with E-state index in [-0.39, 0.29) is 0 Å². The van der Waals surface area contributed by atoms with Gasteiger partial charge in [-0.2, -0.15) is 0 Å². The van der Waals surface area contributed by atoms with Gasteiger partial charge in [0.15, 0.2) is 0 Å². The molecule has 132 valence electrons. The zero-order chi connectivity index (χ0) is 18.4. The lowest BCUT2D eigenvalue weighted by molar-refractivity contribution is 0.394. The molecule has 25 heavy (non-hydrogen) atoms. The van der Waals surface area contributed by atoms with Crippen molar-refractivity contribution in [3.05, 3.63) is 59.1 Å². The van der Waals surface area contributed by atoms with Gasteiger partial charge >= 0.3 is 0 Å². The smallest absolute Gasteiger partial charge is 0.222 e. The van der Waals surface area contributed by atoms with Gasteiger partial charge < -0.3 is 15.2 Å². The Kier molecular flexibility index (Phi) is 6.17. The second-order valence-electron chi connectivity index (χ2n) is 5.84. The molecule has 0 saturated carbocycles. The van der Waals surface area contributed by atoms with Crippen molar-refractivity contribution in [3.8, 4) is 17.1 Å². The summed E-state index contributed by atoms with van der Waals surface area (Å²) in [6.07, 6.45) is 5.83. The number of hydrogen-bond acceptors (Lipinski definition) is 5. The lowest BCUT2D eigenvalue weighted by Crippen LogP contribution is -2.03. The fraction of sp³-hybridized carbons (Fsp3) is 0.300. The third-order valence-corrected chi connectivity index (χ3v) is 3.97. The van der Waals surface area contributed by atoms with Gasteiger partial charge in [-0.25, -0.2) is 9.97 Å². The maximum Gasteiger partial charge on any atom is 0.222 e. The van der Waals surface area contributed by atoms with Gasteiger partial charge in [0.2, 0.25) is 5.88 Å². The summed E-state index contributed by atoms with van der Waals surface area (Å²) in [7, 11) is 1.61. The van der Waals surface area contributed by atoms with E-state index < -0.39 is 0 Å². The number of aliphatic hydroxyl groups is 1. The van der Waals surface area contributed by atoms with Gasteiger partial charge in [-0.05, 0) is 62.2 Å². The molecule has 0 saturated heterocycles. The molecule has 0 aliphatic carbocycles. The second kappa shape index (κ2) is 8.33. The van der Waals surface area contributed by atoms with E-state index >= 15 is 0 Å². The van der Waals surface area contributed by atoms with E-state index in [1.807, 2.05) is 45.0 Å². The molecule has 5 nitrogen and oxygen atoms in total. The summed E-state index contributed by atoms with van der Waals surface area (Å²) in [4.78, 5) is 9.01. The highest BCUT2D eigenvalue weighted by Gasteiger charge is 2.13. The number of ether oxygens (including phenoxy) is 1. The Hall–Kier alpha value is -2.82. The highest BCUT2D eigenvalue weighted by atomic mass is 16.5. The number of nitrogens with one attached hydrogen (secondary N) is 1. The van der Waals surface area contributed by atoms with Gasteiger partial charge in [0.05, 0.1) is 24.1 Å². The standard InChI is InChI=1S/C20H25N3O2/c1-6-16(24)10-9-14(3)22-18-12-13(2)15(4)19(23-18)17-8-7-11-21-20(17)25-5/h7-12,24H,6H2,1-5H3,(H,22,23)/b14-9+,16-10+. The molecule has 2 heterocycles. The predicted molar refractivity (Wildman–Crippen MR) is 102 cm³/mol. The van der Waals surface area contributed by atoms with Crippen LogP contribution in [0.4, 0.5) is 5.82 Å². The zero-order valence-electron chi connectivity index (χ0n) is 15.4. The molecule has 2 N–H and O–H groups in total. The number of rotatable bonds is 6. The van der Waals surface area contributed by atoms with Crippen LogP contribution in [0, 0.1) is 13.8 Å². The SMILES string of the molecule is CC/C(O)=C\C=C(/C)Nc1cc(C)c(C)c(-c2cccnc2OC)n1. The predicted octanol–water partition coefficient (Wildman–Crippen LogP) is 4.94. The van der Waals surface area contributed by atoms with Crippen LogP contribution in [0.3, 0.4) is 0 Å². The molecule has 0 unspecified atom stereocenters. The molecule has 5 heteroatoms. The highest BCUT2D eigenvalue weighted by molar-refractivity contribution is 5.71. The first kappa shape index (κ1) is 18.5. The molecule has 0 amide bonds. The Morgan fingerprint density at radius 2 is 2.08 bits per heavy atom. The van der Waals surface area contributed by atoms with Gasteiger partial charge in [-0.1, -0.05) is 6.92 Å². The summed E-state index contributed by atoms with van der Waals surface area (Å²) < 4.78 is 5.37. The number of aryl methyl sites for hydroxylation is 1. The van der Waals surface area contributed by atoms with Crippen molar-refractivity contribution in [3.63, 3.8) is 0 Å². The first-order valence-corrected chi connectivity index (χ1v) is 8.27. The second-order valence-corrected chi connectivity index (χ2v) is 5.84. The van der Waals surface area contributed by atoms with Crippen LogP contribution < -0.4 is 10.1 Å². The van der Waals surface area contributed by atoms with E-state index in [1.54, 1.807) is 19.4 Å². The molecule has 2 aromatic heterocycles. The molecular weight excluding hydrogens is 314 g/mol. The molecule has 0 bridgehead atoms. The van der Waals surface area contributed by atoms with Gasteiger partial charge in [0.25, 0.3) is 0 Å². The third kappa shape index (κ3) is 4.59. The molecule has 0 fully saturated rings. The number of anilines is 1. The first-order chi connectivity index (χ1) is 12.0. The van der Waals surface area contributed by atoms with Crippen molar-refractivity contribution < 1.29 is 9.84 Å². The van der Waals surface area contributed by atoms with Crippen molar-refractivity contribution in [2.75, 3.05) is 12.4 Å². The maximum absolute atomic E-state index is 9.56. The summed E-state index contributed by atoms with van der Waals surface area (Å²) in [6.45, 7) is 7.93. The molecule has 0 atom stereocenters. The number of allylic oxidation sites excluding steroid dienone is 4. The lowest BCUT2D eigenvalue weighted by atomic mass is 10.0. The van der Waals surface area contributed by atoms with Gasteiger partial charge in [0.1, 0.15) is 5.82 Å². The quantitative estimate of drug-likeness (QED) is 0.576. The van der Waals surface area contributed by atoms with Crippen LogP contribution >= 0.6 is 0 Å². The Morgan fingerprint density at radius 1 is 1.32 bits per heavy atom. The topological polar surface area (TPSA) is 67.3 Å². The maximum atomic E-state index is 9.56. The molecule has 2 rings (SSSR count). The summed E-state index contributed by atoms with van der Waals surface area (Å²) in [6, 6.07) is 5.83. The van der Waals surface area contributed by atoms with Crippen LogP contribution in [0.15, 0.2) is 48.0 Å². The van der Waals surface area contributed by atoms with Crippen LogP contribution in [0.1, 0.15) is 31.4 Å². The van der Waals surface area contributed by atoms with E-state index in [9.17, 15) is 5.11 Å².